The number of hydrogen-bond donors (Lipinski definition) is 2. The number of carbonyl (C=O) groups is 1. The van der Waals surface area contributed by atoms with Gasteiger partial charge in [0.15, 0.2) is 0 Å². The normalized spacial score (nSPS) is 10.8. The summed E-state index contributed by atoms with van der Waals surface area (Å²) in [7, 11) is 0. The molecule has 0 aliphatic heterocycles. The van der Waals surface area contributed by atoms with Crippen LogP contribution < -0.4 is 11.1 Å². The molecule has 3 aromatic rings. The first-order chi connectivity index (χ1) is 11.5. The molecule has 3 rings (SSSR count). The molecule has 0 saturated carbocycles. The highest BCUT2D eigenvalue weighted by atomic mass is 32.1. The summed E-state index contributed by atoms with van der Waals surface area (Å²) < 4.78 is 14.4. The van der Waals surface area contributed by atoms with Gasteiger partial charge in [-0.05, 0) is 31.2 Å². The number of aryl methyl sites for hydroxylation is 1. The van der Waals surface area contributed by atoms with Crippen LogP contribution in [0.5, 0.6) is 0 Å². The van der Waals surface area contributed by atoms with Crippen LogP contribution in [0.3, 0.4) is 0 Å². The van der Waals surface area contributed by atoms with E-state index in [1.807, 2.05) is 12.3 Å². The minimum atomic E-state index is -0.283. The van der Waals surface area contributed by atoms with Crippen molar-refractivity contribution in [3.8, 4) is 11.3 Å². The minimum absolute atomic E-state index is 0.0653. The number of nitrogens with zero attached hydrogens (tertiary/aromatic N) is 3. The fourth-order valence-electron chi connectivity index (χ4n) is 2.20. The number of anilines is 1. The van der Waals surface area contributed by atoms with Gasteiger partial charge in [0.05, 0.1) is 17.9 Å². The van der Waals surface area contributed by atoms with E-state index in [0.717, 1.165) is 22.0 Å². The Kier molecular flexibility index (Phi) is 4.57. The maximum absolute atomic E-state index is 12.9. The topological polar surface area (TPSA) is 85.8 Å². The third kappa shape index (κ3) is 3.77. The Morgan fingerprint density at radius 1 is 1.38 bits per heavy atom. The second kappa shape index (κ2) is 6.79. The van der Waals surface area contributed by atoms with Crippen molar-refractivity contribution in [2.45, 2.75) is 20.0 Å². The van der Waals surface area contributed by atoms with E-state index in [4.69, 9.17) is 5.73 Å². The first kappa shape index (κ1) is 16.1. The highest BCUT2D eigenvalue weighted by Gasteiger charge is 2.09. The van der Waals surface area contributed by atoms with Gasteiger partial charge in [-0.1, -0.05) is 0 Å². The van der Waals surface area contributed by atoms with Gasteiger partial charge in [-0.3, -0.25) is 4.79 Å². The zero-order valence-electron chi connectivity index (χ0n) is 13.0. The molecule has 1 aromatic carbocycles. The number of nitrogen functional groups attached to an aromatic ring is 1. The lowest BCUT2D eigenvalue weighted by atomic mass is 10.2. The Morgan fingerprint density at radius 3 is 2.79 bits per heavy atom. The molecule has 0 saturated heterocycles. The van der Waals surface area contributed by atoms with Crippen molar-refractivity contribution >= 4 is 23.1 Å². The monoisotopic (exact) mass is 345 g/mol. The number of nitrogens with two attached hydrogens (primary N) is 1. The average Bonchev–Trinajstić information content (AvgIpc) is 3.13. The van der Waals surface area contributed by atoms with Crippen molar-refractivity contribution in [1.82, 2.24) is 20.1 Å². The Hall–Kier alpha value is -2.74. The summed E-state index contributed by atoms with van der Waals surface area (Å²) >= 11 is 1.44. The third-order valence-corrected chi connectivity index (χ3v) is 4.20. The van der Waals surface area contributed by atoms with Gasteiger partial charge in [0.1, 0.15) is 23.2 Å². The van der Waals surface area contributed by atoms with E-state index < -0.39 is 0 Å². The van der Waals surface area contributed by atoms with E-state index in [2.05, 4.69) is 15.4 Å². The van der Waals surface area contributed by atoms with Gasteiger partial charge >= 0.3 is 0 Å². The summed E-state index contributed by atoms with van der Waals surface area (Å²) in [6.45, 7) is 2.21. The fourth-order valence-corrected chi connectivity index (χ4v) is 2.95. The highest BCUT2D eigenvalue weighted by Crippen LogP contribution is 2.22. The summed E-state index contributed by atoms with van der Waals surface area (Å²) in [5.74, 6) is -0.0200. The maximum atomic E-state index is 12.9. The van der Waals surface area contributed by atoms with Crippen LogP contribution in [-0.2, 0) is 17.9 Å². The summed E-state index contributed by atoms with van der Waals surface area (Å²) in [6, 6.07) is 7.85. The Labute approximate surface area is 142 Å². The molecule has 0 aliphatic carbocycles. The first-order valence-electron chi connectivity index (χ1n) is 7.28. The van der Waals surface area contributed by atoms with Gasteiger partial charge in [-0.25, -0.2) is 14.1 Å². The maximum Gasteiger partial charge on any atom is 0.242 e. The quantitative estimate of drug-likeness (QED) is 0.743. The largest absolute Gasteiger partial charge is 0.384 e. The van der Waals surface area contributed by atoms with Gasteiger partial charge in [-0.15, -0.1) is 11.3 Å². The molecular formula is C16H16FN5OS. The number of nitrogens with one attached hydrogen (secondary N) is 1. The fraction of sp³-hybridized carbons (Fsp3) is 0.188. The van der Waals surface area contributed by atoms with Crippen LogP contribution in [0.4, 0.5) is 10.2 Å². The van der Waals surface area contributed by atoms with Crippen molar-refractivity contribution in [3.05, 3.63) is 52.2 Å². The number of hydrogen-bond acceptors (Lipinski definition) is 5. The predicted octanol–water partition coefficient (Wildman–Crippen LogP) is 2.35. The summed E-state index contributed by atoms with van der Waals surface area (Å²) in [5, 5.41) is 9.58. The number of aromatic nitrogens is 3. The molecule has 0 radical (unpaired) electrons. The molecule has 0 unspecified atom stereocenters. The molecule has 0 atom stereocenters. The van der Waals surface area contributed by atoms with Crippen LogP contribution in [-0.4, -0.2) is 20.7 Å². The van der Waals surface area contributed by atoms with Crippen LogP contribution in [0.15, 0.2) is 35.7 Å². The number of carbonyl (C=O) groups excluding carboxylic acids is 1. The number of halogens is 1. The lowest BCUT2D eigenvalue weighted by Crippen LogP contribution is -2.28. The SMILES string of the molecule is Cc1cc(N)n(CC(=O)NCc2nc(-c3ccc(F)cc3)cs2)n1. The van der Waals surface area contributed by atoms with Crippen molar-refractivity contribution in [3.63, 3.8) is 0 Å². The number of amides is 1. The minimum Gasteiger partial charge on any atom is -0.384 e. The zero-order valence-corrected chi connectivity index (χ0v) is 13.8. The van der Waals surface area contributed by atoms with Crippen molar-refractivity contribution < 1.29 is 9.18 Å². The van der Waals surface area contributed by atoms with Gasteiger partial charge in [-0.2, -0.15) is 5.10 Å². The summed E-state index contributed by atoms with van der Waals surface area (Å²) in [5.41, 5.74) is 8.12. The molecule has 0 bridgehead atoms. The van der Waals surface area contributed by atoms with Gasteiger partial charge in [0.25, 0.3) is 0 Å². The van der Waals surface area contributed by atoms with E-state index in [-0.39, 0.29) is 18.3 Å². The van der Waals surface area contributed by atoms with Crippen molar-refractivity contribution in [1.29, 1.82) is 0 Å². The van der Waals surface area contributed by atoms with Crippen LogP contribution in [0, 0.1) is 12.7 Å². The second-order valence-electron chi connectivity index (χ2n) is 5.28. The zero-order chi connectivity index (χ0) is 17.1. The van der Waals surface area contributed by atoms with E-state index >= 15 is 0 Å². The van der Waals surface area contributed by atoms with Crippen LogP contribution in [0.2, 0.25) is 0 Å². The number of thiazole rings is 1. The molecular weight excluding hydrogens is 329 g/mol. The lowest BCUT2D eigenvalue weighted by Gasteiger charge is -2.05. The highest BCUT2D eigenvalue weighted by molar-refractivity contribution is 7.09. The van der Waals surface area contributed by atoms with Crippen LogP contribution in [0.1, 0.15) is 10.7 Å². The molecule has 6 nitrogen and oxygen atoms in total. The van der Waals surface area contributed by atoms with E-state index in [1.165, 1.54) is 28.2 Å². The molecule has 2 aromatic heterocycles. The molecule has 1 amide bonds. The Bertz CT molecular complexity index is 856. The molecule has 3 N–H and O–H groups in total. The van der Waals surface area contributed by atoms with Gasteiger partial charge in [0.2, 0.25) is 5.91 Å². The molecule has 8 heteroatoms. The Morgan fingerprint density at radius 2 is 2.12 bits per heavy atom. The van der Waals surface area contributed by atoms with Gasteiger partial charge < -0.3 is 11.1 Å². The second-order valence-corrected chi connectivity index (χ2v) is 6.22. The molecule has 2 heterocycles. The summed E-state index contributed by atoms with van der Waals surface area (Å²) in [6.07, 6.45) is 0. The lowest BCUT2D eigenvalue weighted by molar-refractivity contribution is -0.122. The van der Waals surface area contributed by atoms with E-state index in [1.54, 1.807) is 18.2 Å². The van der Waals surface area contributed by atoms with Crippen LogP contribution in [0.25, 0.3) is 11.3 Å². The third-order valence-electron chi connectivity index (χ3n) is 3.36. The smallest absolute Gasteiger partial charge is 0.242 e. The van der Waals surface area contributed by atoms with Crippen LogP contribution >= 0.6 is 11.3 Å². The molecule has 0 aliphatic rings. The van der Waals surface area contributed by atoms with E-state index in [0.29, 0.717) is 12.4 Å². The number of rotatable bonds is 5. The molecule has 0 spiro atoms. The molecule has 24 heavy (non-hydrogen) atoms. The van der Waals surface area contributed by atoms with Crippen molar-refractivity contribution in [2.24, 2.45) is 0 Å². The summed E-state index contributed by atoms with van der Waals surface area (Å²) in [4.78, 5) is 16.4. The Balaban J connectivity index is 1.58. The molecule has 124 valence electrons. The van der Waals surface area contributed by atoms with E-state index in [9.17, 15) is 9.18 Å². The predicted molar refractivity (Wildman–Crippen MR) is 90.7 cm³/mol. The molecule has 0 fully saturated rings. The standard InChI is InChI=1S/C16H16FN5OS/c1-10-6-14(18)22(21-10)8-15(23)19-7-16-20-13(9-24-16)11-2-4-12(17)5-3-11/h2-6,9H,7-8,18H2,1H3,(H,19,23). The van der Waals surface area contributed by atoms with Gasteiger partial charge in [0, 0.05) is 17.0 Å². The first-order valence-corrected chi connectivity index (χ1v) is 8.16. The van der Waals surface area contributed by atoms with Crippen molar-refractivity contribution in [2.75, 3.05) is 5.73 Å². The average molecular weight is 345 g/mol. The number of benzene rings is 1.